The molecule has 2 aromatic carbocycles. The van der Waals surface area contributed by atoms with Crippen LogP contribution in [0.25, 0.3) is 6.08 Å². The third-order valence-electron chi connectivity index (χ3n) is 5.14. The van der Waals surface area contributed by atoms with Crippen molar-refractivity contribution in [3.05, 3.63) is 64.7 Å². The number of morpholine rings is 1. The molecule has 0 saturated carbocycles. The average molecular weight is 419 g/mol. The fraction of sp³-hybridized carbons (Fsp3) is 0.292. The van der Waals surface area contributed by atoms with Gasteiger partial charge in [-0.2, -0.15) is 5.26 Å². The van der Waals surface area contributed by atoms with Gasteiger partial charge < -0.3 is 19.7 Å². The molecule has 0 atom stereocenters. The Labute approximate surface area is 181 Å². The summed E-state index contributed by atoms with van der Waals surface area (Å²) in [4.78, 5) is 26.4. The fourth-order valence-electron chi connectivity index (χ4n) is 3.10. The van der Waals surface area contributed by atoms with Crippen LogP contribution < -0.4 is 10.1 Å². The van der Waals surface area contributed by atoms with Gasteiger partial charge in [-0.1, -0.05) is 24.3 Å². The van der Waals surface area contributed by atoms with E-state index in [4.69, 9.17) is 9.47 Å². The predicted octanol–water partition coefficient (Wildman–Crippen LogP) is 3.09. The zero-order valence-corrected chi connectivity index (χ0v) is 17.7. The molecule has 3 rings (SSSR count). The van der Waals surface area contributed by atoms with E-state index in [-0.39, 0.29) is 18.1 Å². The van der Waals surface area contributed by atoms with Crippen molar-refractivity contribution < 1.29 is 19.1 Å². The number of anilines is 1. The number of aryl methyl sites for hydroxylation is 1. The zero-order chi connectivity index (χ0) is 22.2. The quantitative estimate of drug-likeness (QED) is 0.574. The van der Waals surface area contributed by atoms with Crippen LogP contribution in [-0.2, 0) is 14.3 Å². The maximum Gasteiger partial charge on any atom is 0.266 e. The summed E-state index contributed by atoms with van der Waals surface area (Å²) in [5.41, 5.74) is 3.38. The molecule has 0 spiro atoms. The first kappa shape index (κ1) is 22.1. The molecule has 0 radical (unpaired) electrons. The molecule has 0 aromatic heterocycles. The first-order valence-electron chi connectivity index (χ1n) is 10.1. The number of carbonyl (C=O) groups excluding carboxylic acids is 2. The smallest absolute Gasteiger partial charge is 0.266 e. The number of benzene rings is 2. The highest BCUT2D eigenvalue weighted by Gasteiger charge is 2.17. The van der Waals surface area contributed by atoms with Crippen molar-refractivity contribution in [2.45, 2.75) is 13.8 Å². The first-order chi connectivity index (χ1) is 15.0. The summed E-state index contributed by atoms with van der Waals surface area (Å²) in [6.07, 6.45) is 1.52. The number of carbonyl (C=O) groups is 2. The normalized spacial score (nSPS) is 14.0. The van der Waals surface area contributed by atoms with Gasteiger partial charge in [0, 0.05) is 18.8 Å². The minimum Gasteiger partial charge on any atom is -0.484 e. The van der Waals surface area contributed by atoms with Gasteiger partial charge in [0.1, 0.15) is 17.4 Å². The SMILES string of the molecule is Cc1cccc(NC(=O)C(C#N)=Cc2ccc(OCC(=O)N3CCOCC3)cc2)c1C. The highest BCUT2D eigenvalue weighted by atomic mass is 16.5. The summed E-state index contributed by atoms with van der Waals surface area (Å²) in [7, 11) is 0. The van der Waals surface area contributed by atoms with Crippen LogP contribution in [0, 0.1) is 25.2 Å². The van der Waals surface area contributed by atoms with Gasteiger partial charge in [-0.3, -0.25) is 9.59 Å². The second-order valence-corrected chi connectivity index (χ2v) is 7.22. The fourth-order valence-corrected chi connectivity index (χ4v) is 3.10. The predicted molar refractivity (Wildman–Crippen MR) is 117 cm³/mol. The Morgan fingerprint density at radius 3 is 2.55 bits per heavy atom. The molecule has 1 aliphatic rings. The molecule has 1 N–H and O–H groups in total. The lowest BCUT2D eigenvalue weighted by Crippen LogP contribution is -2.42. The van der Waals surface area contributed by atoms with Gasteiger partial charge in [0.2, 0.25) is 0 Å². The van der Waals surface area contributed by atoms with Crippen molar-refractivity contribution in [3.63, 3.8) is 0 Å². The third kappa shape index (κ3) is 5.93. The molecule has 31 heavy (non-hydrogen) atoms. The van der Waals surface area contributed by atoms with Crippen molar-refractivity contribution in [1.82, 2.24) is 4.90 Å². The third-order valence-corrected chi connectivity index (χ3v) is 5.14. The molecule has 160 valence electrons. The maximum atomic E-state index is 12.5. The largest absolute Gasteiger partial charge is 0.484 e. The van der Waals surface area contributed by atoms with Crippen LogP contribution in [0.2, 0.25) is 0 Å². The minimum atomic E-state index is -0.465. The summed E-state index contributed by atoms with van der Waals surface area (Å²) >= 11 is 0. The number of nitrogens with zero attached hydrogens (tertiary/aromatic N) is 2. The highest BCUT2D eigenvalue weighted by Crippen LogP contribution is 2.20. The molecular weight excluding hydrogens is 394 g/mol. The summed E-state index contributed by atoms with van der Waals surface area (Å²) in [5, 5.41) is 12.2. The van der Waals surface area contributed by atoms with E-state index in [2.05, 4.69) is 5.32 Å². The number of hydrogen-bond acceptors (Lipinski definition) is 5. The van der Waals surface area contributed by atoms with Gasteiger partial charge in [-0.15, -0.1) is 0 Å². The molecule has 1 fully saturated rings. The van der Waals surface area contributed by atoms with Crippen LogP contribution in [0.5, 0.6) is 5.75 Å². The van der Waals surface area contributed by atoms with Crippen molar-refractivity contribution >= 4 is 23.6 Å². The van der Waals surface area contributed by atoms with Crippen molar-refractivity contribution in [2.24, 2.45) is 0 Å². The van der Waals surface area contributed by atoms with Crippen LogP contribution in [0.15, 0.2) is 48.0 Å². The van der Waals surface area contributed by atoms with Gasteiger partial charge in [0.25, 0.3) is 11.8 Å². The number of rotatable bonds is 6. The second-order valence-electron chi connectivity index (χ2n) is 7.22. The minimum absolute atomic E-state index is 0.00271. The molecular formula is C24H25N3O4. The van der Waals surface area contributed by atoms with E-state index in [1.54, 1.807) is 35.2 Å². The number of nitrogens with one attached hydrogen (secondary N) is 1. The van der Waals surface area contributed by atoms with Crippen LogP contribution in [-0.4, -0.2) is 49.6 Å². The lowest BCUT2D eigenvalue weighted by Gasteiger charge is -2.26. The van der Waals surface area contributed by atoms with Crippen LogP contribution >= 0.6 is 0 Å². The van der Waals surface area contributed by atoms with Crippen molar-refractivity contribution in [1.29, 1.82) is 5.26 Å². The maximum absolute atomic E-state index is 12.5. The molecule has 2 aromatic rings. The van der Waals surface area contributed by atoms with E-state index in [9.17, 15) is 14.9 Å². The van der Waals surface area contributed by atoms with E-state index in [0.717, 1.165) is 11.1 Å². The Kier molecular flexibility index (Phi) is 7.41. The van der Waals surface area contributed by atoms with Gasteiger partial charge in [0.05, 0.1) is 13.2 Å². The van der Waals surface area contributed by atoms with Gasteiger partial charge >= 0.3 is 0 Å². The van der Waals surface area contributed by atoms with E-state index in [0.29, 0.717) is 43.3 Å². The summed E-state index contributed by atoms with van der Waals surface area (Å²) < 4.78 is 10.8. The highest BCUT2D eigenvalue weighted by molar-refractivity contribution is 6.10. The number of nitriles is 1. The van der Waals surface area contributed by atoms with E-state index >= 15 is 0 Å². The van der Waals surface area contributed by atoms with E-state index < -0.39 is 5.91 Å². The number of hydrogen-bond donors (Lipinski definition) is 1. The first-order valence-corrected chi connectivity index (χ1v) is 10.1. The van der Waals surface area contributed by atoms with Crippen molar-refractivity contribution in [3.8, 4) is 11.8 Å². The molecule has 1 saturated heterocycles. The average Bonchev–Trinajstić information content (AvgIpc) is 2.80. The summed E-state index contributed by atoms with van der Waals surface area (Å²) in [6, 6.07) is 14.5. The molecule has 0 aliphatic carbocycles. The second kappa shape index (κ2) is 10.4. The lowest BCUT2D eigenvalue weighted by molar-refractivity contribution is -0.137. The monoisotopic (exact) mass is 419 g/mol. The van der Waals surface area contributed by atoms with E-state index in [1.165, 1.54) is 6.08 Å². The Balaban J connectivity index is 1.61. The Hall–Kier alpha value is -3.63. The zero-order valence-electron chi connectivity index (χ0n) is 17.7. The molecule has 1 heterocycles. The Morgan fingerprint density at radius 2 is 1.87 bits per heavy atom. The molecule has 0 bridgehead atoms. The van der Waals surface area contributed by atoms with E-state index in [1.807, 2.05) is 32.0 Å². The van der Waals surface area contributed by atoms with Crippen LogP contribution in [0.4, 0.5) is 5.69 Å². The van der Waals surface area contributed by atoms with Crippen LogP contribution in [0.1, 0.15) is 16.7 Å². The molecule has 0 unspecified atom stereocenters. The van der Waals surface area contributed by atoms with Gasteiger partial charge in [-0.05, 0) is 54.8 Å². The molecule has 2 amide bonds. The Morgan fingerprint density at radius 1 is 1.16 bits per heavy atom. The van der Waals surface area contributed by atoms with Gasteiger partial charge in [0.15, 0.2) is 6.61 Å². The molecule has 7 nitrogen and oxygen atoms in total. The standard InChI is InChI=1S/C24H25N3O4/c1-17-4-3-5-22(18(17)2)26-24(29)20(15-25)14-19-6-8-21(9-7-19)31-16-23(28)27-10-12-30-13-11-27/h3-9,14H,10-13,16H2,1-2H3,(H,26,29). The number of amides is 2. The number of ether oxygens (including phenoxy) is 2. The summed E-state index contributed by atoms with van der Waals surface area (Å²) in [5.74, 6) is -0.00751. The van der Waals surface area contributed by atoms with Crippen molar-refractivity contribution in [2.75, 3.05) is 38.2 Å². The summed E-state index contributed by atoms with van der Waals surface area (Å²) in [6.45, 7) is 6.08. The Bertz CT molecular complexity index is 1020. The van der Waals surface area contributed by atoms with Gasteiger partial charge in [-0.25, -0.2) is 0 Å². The topological polar surface area (TPSA) is 91.7 Å². The molecule has 7 heteroatoms. The molecule has 1 aliphatic heterocycles. The lowest BCUT2D eigenvalue weighted by atomic mass is 10.1. The van der Waals surface area contributed by atoms with Crippen LogP contribution in [0.3, 0.4) is 0 Å².